The molecule has 0 radical (unpaired) electrons. The van der Waals surface area contributed by atoms with Gasteiger partial charge in [0, 0.05) is 94.7 Å². The number of aromatic nitrogens is 4. The lowest BCUT2D eigenvalue weighted by atomic mass is 9.99. The number of hydrogen-bond donors (Lipinski definition) is 2. The summed E-state index contributed by atoms with van der Waals surface area (Å²) in [5.41, 5.74) is 16.0. The van der Waals surface area contributed by atoms with E-state index in [-0.39, 0.29) is 0 Å². The van der Waals surface area contributed by atoms with Crippen molar-refractivity contribution in [2.24, 2.45) is 0 Å². The van der Waals surface area contributed by atoms with E-state index in [1.54, 1.807) is 7.11 Å². The van der Waals surface area contributed by atoms with Crippen molar-refractivity contribution in [3.05, 3.63) is 157 Å². The Bertz CT molecular complexity index is 2900. The van der Waals surface area contributed by atoms with Gasteiger partial charge in [-0.2, -0.15) is 0 Å². The number of fused-ring (bicyclic) bond motifs is 8. The molecule has 11 heteroatoms. The first-order valence-electron chi connectivity index (χ1n) is 19.8. The summed E-state index contributed by atoms with van der Waals surface area (Å²) in [4.78, 5) is 20.9. The Morgan fingerprint density at radius 1 is 0.508 bits per heavy atom. The van der Waals surface area contributed by atoms with Gasteiger partial charge in [0.2, 0.25) is 0 Å². The van der Waals surface area contributed by atoms with Crippen molar-refractivity contribution in [3.63, 3.8) is 0 Å². The molecule has 2 N–H and O–H groups in total. The van der Waals surface area contributed by atoms with Gasteiger partial charge in [-0.1, -0.05) is 90.3 Å². The summed E-state index contributed by atoms with van der Waals surface area (Å²) in [6, 6.07) is 40.1. The first kappa shape index (κ1) is 41.6. The van der Waals surface area contributed by atoms with Crippen LogP contribution < -0.4 is 4.74 Å². The van der Waals surface area contributed by atoms with E-state index in [4.69, 9.17) is 37.9 Å². The molecule has 5 heterocycles. The highest BCUT2D eigenvalue weighted by atomic mass is 79.9. The van der Waals surface area contributed by atoms with Gasteiger partial charge in [0.1, 0.15) is 5.75 Å². The van der Waals surface area contributed by atoms with Crippen LogP contribution in [0.25, 0.3) is 90.9 Å². The molecule has 61 heavy (non-hydrogen) atoms. The topological polar surface area (TPSA) is 69.8 Å². The van der Waals surface area contributed by atoms with Gasteiger partial charge in [-0.05, 0) is 119 Å². The number of aromatic amines is 2. The first-order chi connectivity index (χ1) is 29.8. The third kappa shape index (κ3) is 8.70. The monoisotopic (exact) mass is 1030 g/mol. The average Bonchev–Trinajstić information content (AvgIpc) is 4.10. The van der Waals surface area contributed by atoms with Crippen LogP contribution in [0.15, 0.2) is 129 Å². The van der Waals surface area contributed by atoms with Gasteiger partial charge in [-0.3, -0.25) is 4.90 Å². The smallest absolute Gasteiger partial charge is 0.123 e. The van der Waals surface area contributed by atoms with Gasteiger partial charge in [0.25, 0.3) is 0 Å². The highest BCUT2D eigenvalue weighted by molar-refractivity contribution is 9.11. The summed E-state index contributed by atoms with van der Waals surface area (Å²) >= 11 is 23.7. The number of ether oxygens (including phenoxy) is 1. The number of nitrogens with one attached hydrogen (secondary N) is 2. The lowest BCUT2D eigenvalue weighted by Crippen LogP contribution is -2.27. The summed E-state index contributed by atoms with van der Waals surface area (Å²) in [5.74, 6) is 1.79. The van der Waals surface area contributed by atoms with Crippen LogP contribution in [0.5, 0.6) is 5.75 Å². The molecule has 0 fully saturated rings. The van der Waals surface area contributed by atoms with Crippen molar-refractivity contribution < 1.29 is 4.74 Å². The quantitative estimate of drug-likeness (QED) is 0.127. The predicted molar refractivity (Wildman–Crippen MR) is 267 cm³/mol. The molecular weight excluding hydrogens is 997 g/mol. The van der Waals surface area contributed by atoms with E-state index in [0.717, 1.165) is 114 Å². The fourth-order valence-corrected chi connectivity index (χ4v) is 9.84. The van der Waals surface area contributed by atoms with Crippen molar-refractivity contribution in [3.8, 4) is 50.3 Å². The Kier molecular flexibility index (Phi) is 12.5. The molecular formula is C50H38Br3Cl2N5O. The molecule has 6 nitrogen and oxygen atoms in total. The Morgan fingerprint density at radius 3 is 1.34 bits per heavy atom. The van der Waals surface area contributed by atoms with E-state index in [2.05, 4.69) is 178 Å². The molecule has 0 saturated carbocycles. The number of H-pyrrole nitrogens is 2. The van der Waals surface area contributed by atoms with Crippen molar-refractivity contribution in [1.82, 2.24) is 24.8 Å². The van der Waals surface area contributed by atoms with Crippen molar-refractivity contribution in [2.45, 2.75) is 6.54 Å². The summed E-state index contributed by atoms with van der Waals surface area (Å²) in [6.07, 6.45) is 8.42. The molecule has 7 aromatic rings. The van der Waals surface area contributed by atoms with Crippen LogP contribution >= 0.6 is 71.0 Å². The van der Waals surface area contributed by atoms with Gasteiger partial charge in [0.05, 0.1) is 29.9 Å². The normalized spacial score (nSPS) is 12.1. The van der Waals surface area contributed by atoms with Crippen LogP contribution in [-0.2, 0) is 6.54 Å². The summed E-state index contributed by atoms with van der Waals surface area (Å²) in [7, 11) is 1.71. The van der Waals surface area contributed by atoms with Gasteiger partial charge < -0.3 is 14.7 Å². The van der Waals surface area contributed by atoms with Gasteiger partial charge >= 0.3 is 0 Å². The zero-order valence-corrected chi connectivity index (χ0v) is 39.2. The van der Waals surface area contributed by atoms with E-state index in [1.165, 1.54) is 0 Å². The summed E-state index contributed by atoms with van der Waals surface area (Å²) < 4.78 is 8.86. The molecule has 0 unspecified atom stereocenters. The van der Waals surface area contributed by atoms with E-state index in [1.807, 2.05) is 24.3 Å². The number of alkyl halides is 2. The third-order valence-corrected chi connectivity index (χ3v) is 12.7. The highest BCUT2D eigenvalue weighted by Crippen LogP contribution is 2.40. The predicted octanol–water partition coefficient (Wildman–Crippen LogP) is 14.9. The van der Waals surface area contributed by atoms with Crippen molar-refractivity contribution in [2.75, 3.05) is 32.0 Å². The van der Waals surface area contributed by atoms with E-state index >= 15 is 0 Å². The maximum atomic E-state index is 6.25. The van der Waals surface area contributed by atoms with Crippen LogP contribution in [-0.4, -0.2) is 56.8 Å². The van der Waals surface area contributed by atoms with E-state index < -0.39 is 0 Å². The molecule has 0 spiro atoms. The summed E-state index contributed by atoms with van der Waals surface area (Å²) in [6.45, 7) is 2.02. The molecule has 0 saturated heterocycles. The van der Waals surface area contributed by atoms with E-state index in [0.29, 0.717) is 31.4 Å². The van der Waals surface area contributed by atoms with Crippen molar-refractivity contribution >= 4 is 117 Å². The zero-order valence-electron chi connectivity index (χ0n) is 33.0. The minimum atomic E-state index is 0.498. The number of halogens is 5. The number of benzene rings is 4. The highest BCUT2D eigenvalue weighted by Gasteiger charge is 2.21. The molecule has 9 rings (SSSR count). The fourth-order valence-electron chi connectivity index (χ4n) is 8.16. The standard InChI is InChI=1S/C50H38Br3Cl2N5O/c1-61-46-20-11-33(25-34(46)29-60(23-21-54)24-22-55)50-44-18-16-42(58-44)48(31-6-3-9-36(52)27-31)40-14-12-38(56-40)47(30-5-2-8-35(51)26-30)39-13-15-41(57-39)49(43-17-19-45(50)59-43)32-7-4-10-37(53)28-32/h2-20,25-28,56-57H,21-24,29H2,1H3. The number of hydrogen-bond acceptors (Lipinski definition) is 4. The molecule has 4 aromatic carbocycles. The van der Waals surface area contributed by atoms with Crippen molar-refractivity contribution in [1.29, 1.82) is 0 Å². The molecule has 0 aliphatic carbocycles. The molecule has 2 aliphatic rings. The summed E-state index contributed by atoms with van der Waals surface area (Å²) in [5, 5.41) is 0. The fraction of sp³-hybridized carbons (Fsp3) is 0.120. The second-order valence-electron chi connectivity index (χ2n) is 14.7. The van der Waals surface area contributed by atoms with Gasteiger partial charge in [-0.25, -0.2) is 9.97 Å². The Labute approximate surface area is 389 Å². The van der Waals surface area contributed by atoms with Crippen LogP contribution in [0.2, 0.25) is 0 Å². The third-order valence-electron chi connectivity index (χ3n) is 10.9. The number of rotatable bonds is 11. The second-order valence-corrected chi connectivity index (χ2v) is 18.2. The zero-order chi connectivity index (χ0) is 42.0. The maximum absolute atomic E-state index is 6.25. The molecule has 3 aromatic heterocycles. The Morgan fingerprint density at radius 2 is 0.918 bits per heavy atom. The largest absolute Gasteiger partial charge is 0.496 e. The molecule has 304 valence electrons. The molecule has 0 atom stereocenters. The van der Waals surface area contributed by atoms with Crippen LogP contribution in [0.4, 0.5) is 0 Å². The first-order valence-corrected chi connectivity index (χ1v) is 23.2. The molecule has 8 bridgehead atoms. The minimum Gasteiger partial charge on any atom is -0.496 e. The Hall–Kier alpha value is -4.74. The number of methoxy groups -OCH3 is 1. The molecule has 0 amide bonds. The van der Waals surface area contributed by atoms with E-state index in [9.17, 15) is 0 Å². The lowest BCUT2D eigenvalue weighted by molar-refractivity contribution is 0.292. The van der Waals surface area contributed by atoms with Crippen LogP contribution in [0.3, 0.4) is 0 Å². The Balaban J connectivity index is 1.42. The van der Waals surface area contributed by atoms with Gasteiger partial charge in [0.15, 0.2) is 0 Å². The lowest BCUT2D eigenvalue weighted by Gasteiger charge is -2.22. The minimum absolute atomic E-state index is 0.498. The van der Waals surface area contributed by atoms with Gasteiger partial charge in [-0.15, -0.1) is 23.2 Å². The number of nitrogens with zero attached hydrogens (tertiary/aromatic N) is 3. The van der Waals surface area contributed by atoms with Crippen LogP contribution in [0.1, 0.15) is 28.3 Å². The second kappa shape index (κ2) is 18.3. The SMILES string of the molecule is COc1ccc(-c2c3nc(c(-c4cccc(Br)c4)c4ccc([nH]4)c(-c4cccc(Br)c4)c4ccc([nH]4)c(-c4cccc(Br)c4)c4nc2C=C4)C=C3)cc1CN(CCCl)CCCl. The molecule has 2 aliphatic heterocycles. The maximum Gasteiger partial charge on any atom is 0.123 e. The average molecular weight is 1040 g/mol. The van der Waals surface area contributed by atoms with Crippen LogP contribution in [0, 0.1) is 0 Å².